The third-order valence-corrected chi connectivity index (χ3v) is 5.96. The van der Waals surface area contributed by atoms with Gasteiger partial charge in [0.05, 0.1) is 21.1 Å². The van der Waals surface area contributed by atoms with Crippen LogP contribution in [-0.4, -0.2) is 16.2 Å². The van der Waals surface area contributed by atoms with E-state index in [0.717, 1.165) is 34.0 Å². The Morgan fingerprint density at radius 2 is 1.88 bits per heavy atom. The molecule has 0 aliphatic carbocycles. The second-order valence-electron chi connectivity index (χ2n) is 5.72. The molecule has 0 saturated carbocycles. The van der Waals surface area contributed by atoms with Gasteiger partial charge < -0.3 is 4.57 Å². The highest BCUT2D eigenvalue weighted by Gasteiger charge is 2.24. The standard InChI is InChI=1S/C19H15BrCl3NO/c1-11-16(19(25)13-6-3-8-15(22)17(13)23)12-5-2-7-14(20)18(12)24(11)10-4-9-21/h2-3,5-8H,4,9-10H2,1H3. The van der Waals surface area contributed by atoms with Gasteiger partial charge in [-0.15, -0.1) is 11.6 Å². The molecule has 1 aromatic heterocycles. The fourth-order valence-corrected chi connectivity index (χ4v) is 4.17. The van der Waals surface area contributed by atoms with E-state index in [4.69, 9.17) is 34.8 Å². The van der Waals surface area contributed by atoms with Gasteiger partial charge in [0.25, 0.3) is 0 Å². The molecule has 0 aliphatic heterocycles. The van der Waals surface area contributed by atoms with Crippen LogP contribution in [0.5, 0.6) is 0 Å². The summed E-state index contributed by atoms with van der Waals surface area (Å²) in [4.78, 5) is 13.3. The van der Waals surface area contributed by atoms with Gasteiger partial charge in [-0.1, -0.05) is 41.4 Å². The van der Waals surface area contributed by atoms with E-state index in [0.29, 0.717) is 22.0 Å². The average Bonchev–Trinajstić information content (AvgIpc) is 2.88. The predicted molar refractivity (Wildman–Crippen MR) is 110 cm³/mol. The molecule has 0 spiro atoms. The maximum atomic E-state index is 13.3. The molecule has 2 aromatic carbocycles. The zero-order valence-corrected chi connectivity index (χ0v) is 17.3. The zero-order valence-electron chi connectivity index (χ0n) is 13.5. The highest BCUT2D eigenvalue weighted by Crippen LogP contribution is 2.35. The average molecular weight is 460 g/mol. The van der Waals surface area contributed by atoms with E-state index < -0.39 is 0 Å². The summed E-state index contributed by atoms with van der Waals surface area (Å²) in [5.41, 5.74) is 2.95. The Kier molecular flexibility index (Phi) is 5.79. The lowest BCUT2D eigenvalue weighted by atomic mass is 10.0. The van der Waals surface area contributed by atoms with Crippen LogP contribution in [0.4, 0.5) is 0 Å². The molecule has 3 rings (SSSR count). The number of nitrogens with zero attached hydrogens (tertiary/aromatic N) is 1. The van der Waals surface area contributed by atoms with E-state index >= 15 is 0 Å². The number of aryl methyl sites for hydroxylation is 1. The summed E-state index contributed by atoms with van der Waals surface area (Å²) < 4.78 is 3.08. The van der Waals surface area contributed by atoms with Gasteiger partial charge in [-0.2, -0.15) is 0 Å². The maximum Gasteiger partial charge on any atom is 0.197 e. The second-order valence-corrected chi connectivity index (χ2v) is 7.74. The van der Waals surface area contributed by atoms with Gasteiger partial charge in [-0.3, -0.25) is 4.79 Å². The Hall–Kier alpha value is -1.000. The van der Waals surface area contributed by atoms with Crippen molar-refractivity contribution < 1.29 is 4.79 Å². The zero-order chi connectivity index (χ0) is 18.1. The van der Waals surface area contributed by atoms with E-state index in [1.165, 1.54) is 0 Å². The van der Waals surface area contributed by atoms with Crippen molar-refractivity contribution in [2.75, 3.05) is 5.88 Å². The van der Waals surface area contributed by atoms with Gasteiger partial charge in [0.1, 0.15) is 0 Å². The fourth-order valence-electron chi connectivity index (χ4n) is 3.09. The van der Waals surface area contributed by atoms with Gasteiger partial charge in [-0.05, 0) is 47.5 Å². The van der Waals surface area contributed by atoms with Crippen molar-refractivity contribution in [3.8, 4) is 0 Å². The SMILES string of the molecule is Cc1c(C(=O)c2cccc(Cl)c2Cl)c2cccc(Br)c2n1CCCCl. The van der Waals surface area contributed by atoms with E-state index in [1.54, 1.807) is 18.2 Å². The topological polar surface area (TPSA) is 22.0 Å². The van der Waals surface area contributed by atoms with Crippen molar-refractivity contribution >= 4 is 67.4 Å². The van der Waals surface area contributed by atoms with E-state index in [2.05, 4.69) is 20.5 Å². The first-order chi connectivity index (χ1) is 12.0. The lowest BCUT2D eigenvalue weighted by Gasteiger charge is -2.09. The molecule has 0 aliphatic rings. The summed E-state index contributed by atoms with van der Waals surface area (Å²) >= 11 is 21.8. The first-order valence-corrected chi connectivity index (χ1v) is 9.87. The van der Waals surface area contributed by atoms with Crippen LogP contribution < -0.4 is 0 Å². The van der Waals surface area contributed by atoms with Crippen LogP contribution in [0.2, 0.25) is 10.0 Å². The van der Waals surface area contributed by atoms with Crippen molar-refractivity contribution in [1.82, 2.24) is 4.57 Å². The molecule has 0 bridgehead atoms. The number of fused-ring (bicyclic) bond motifs is 1. The number of halogens is 4. The number of benzene rings is 2. The van der Waals surface area contributed by atoms with Crippen molar-refractivity contribution in [1.29, 1.82) is 0 Å². The van der Waals surface area contributed by atoms with Crippen molar-refractivity contribution in [2.24, 2.45) is 0 Å². The molecule has 3 aromatic rings. The number of hydrogen-bond acceptors (Lipinski definition) is 1. The van der Waals surface area contributed by atoms with Gasteiger partial charge in [0.15, 0.2) is 5.78 Å². The Morgan fingerprint density at radius 3 is 2.60 bits per heavy atom. The van der Waals surface area contributed by atoms with E-state index in [-0.39, 0.29) is 10.8 Å². The minimum absolute atomic E-state index is 0.127. The molecule has 130 valence electrons. The molecular formula is C19H15BrCl3NO. The lowest BCUT2D eigenvalue weighted by Crippen LogP contribution is -2.06. The third-order valence-electron chi connectivity index (χ3n) is 4.23. The van der Waals surface area contributed by atoms with Crippen LogP contribution in [0.25, 0.3) is 10.9 Å². The van der Waals surface area contributed by atoms with Crippen LogP contribution >= 0.6 is 50.7 Å². The van der Waals surface area contributed by atoms with E-state index in [1.807, 2.05) is 25.1 Å². The number of hydrogen-bond donors (Lipinski definition) is 0. The quantitative estimate of drug-likeness (QED) is 0.301. The summed E-state index contributed by atoms with van der Waals surface area (Å²) in [6, 6.07) is 11.0. The maximum absolute atomic E-state index is 13.3. The van der Waals surface area contributed by atoms with Crippen LogP contribution in [0, 0.1) is 6.92 Å². The number of aromatic nitrogens is 1. The fraction of sp³-hybridized carbons (Fsp3) is 0.211. The first kappa shape index (κ1) is 18.8. The van der Waals surface area contributed by atoms with Crippen LogP contribution in [-0.2, 0) is 6.54 Å². The Balaban J connectivity index is 2.26. The van der Waals surface area contributed by atoms with Gasteiger partial charge in [-0.25, -0.2) is 0 Å². The molecule has 0 radical (unpaired) electrons. The molecule has 2 nitrogen and oxygen atoms in total. The van der Waals surface area contributed by atoms with Crippen LogP contribution in [0.3, 0.4) is 0 Å². The molecule has 0 atom stereocenters. The minimum Gasteiger partial charge on any atom is -0.343 e. The molecule has 0 amide bonds. The number of carbonyl (C=O) groups is 1. The highest BCUT2D eigenvalue weighted by molar-refractivity contribution is 9.10. The smallest absolute Gasteiger partial charge is 0.197 e. The summed E-state index contributed by atoms with van der Waals surface area (Å²) in [7, 11) is 0. The van der Waals surface area contributed by atoms with Gasteiger partial charge in [0.2, 0.25) is 0 Å². The van der Waals surface area contributed by atoms with Crippen LogP contribution in [0.1, 0.15) is 28.0 Å². The number of carbonyl (C=O) groups excluding carboxylic acids is 1. The van der Waals surface area contributed by atoms with Crippen molar-refractivity contribution in [3.63, 3.8) is 0 Å². The minimum atomic E-state index is -0.127. The molecule has 0 N–H and O–H groups in total. The molecular weight excluding hydrogens is 444 g/mol. The monoisotopic (exact) mass is 457 g/mol. The summed E-state index contributed by atoms with van der Waals surface area (Å²) in [6.45, 7) is 2.69. The normalized spacial score (nSPS) is 11.2. The summed E-state index contributed by atoms with van der Waals surface area (Å²) in [5.74, 6) is 0.435. The van der Waals surface area contributed by atoms with Gasteiger partial charge in [0, 0.05) is 33.5 Å². The molecule has 1 heterocycles. The Bertz CT molecular complexity index is 965. The first-order valence-electron chi connectivity index (χ1n) is 7.79. The molecule has 25 heavy (non-hydrogen) atoms. The van der Waals surface area contributed by atoms with Crippen LogP contribution in [0.15, 0.2) is 40.9 Å². The molecule has 6 heteroatoms. The largest absolute Gasteiger partial charge is 0.343 e. The predicted octanol–water partition coefficient (Wildman–Crippen LogP) is 6.88. The Labute approximate surface area is 169 Å². The second kappa shape index (κ2) is 7.71. The number of alkyl halides is 1. The van der Waals surface area contributed by atoms with Crippen molar-refractivity contribution in [3.05, 3.63) is 67.7 Å². The number of ketones is 1. The molecule has 0 unspecified atom stereocenters. The highest BCUT2D eigenvalue weighted by atomic mass is 79.9. The van der Waals surface area contributed by atoms with E-state index in [9.17, 15) is 4.79 Å². The molecule has 0 saturated heterocycles. The number of rotatable bonds is 5. The summed E-state index contributed by atoms with van der Waals surface area (Å²) in [6.07, 6.45) is 0.819. The van der Waals surface area contributed by atoms with Crippen molar-refractivity contribution in [2.45, 2.75) is 19.9 Å². The number of para-hydroxylation sites is 1. The molecule has 0 fully saturated rings. The lowest BCUT2D eigenvalue weighted by molar-refractivity contribution is 0.103. The summed E-state index contributed by atoms with van der Waals surface area (Å²) in [5, 5.41) is 1.55. The third kappa shape index (κ3) is 3.35. The Morgan fingerprint density at radius 1 is 1.16 bits per heavy atom. The van der Waals surface area contributed by atoms with Gasteiger partial charge >= 0.3 is 0 Å².